The first-order chi connectivity index (χ1) is 11.1. The summed E-state index contributed by atoms with van der Waals surface area (Å²) in [5, 5.41) is 12.1. The molecule has 6 nitrogen and oxygen atoms in total. The van der Waals surface area contributed by atoms with Gasteiger partial charge in [0.15, 0.2) is 0 Å². The van der Waals surface area contributed by atoms with Crippen LogP contribution < -0.4 is 5.32 Å². The normalized spacial score (nSPS) is 10.9. The summed E-state index contributed by atoms with van der Waals surface area (Å²) in [7, 11) is 0. The molecule has 0 aliphatic rings. The van der Waals surface area contributed by atoms with Gasteiger partial charge in [0.05, 0.1) is 12.1 Å². The molecule has 118 valence electrons. The molecule has 0 fully saturated rings. The molecule has 23 heavy (non-hydrogen) atoms. The number of carbonyl (C=O) groups is 1. The molecular weight excluding hydrogens is 312 g/mol. The van der Waals surface area contributed by atoms with Crippen LogP contribution in [-0.2, 0) is 11.2 Å². The predicted octanol–water partition coefficient (Wildman–Crippen LogP) is 3.50. The molecule has 0 aliphatic carbocycles. The van der Waals surface area contributed by atoms with Crippen LogP contribution in [-0.4, -0.2) is 21.1 Å². The van der Waals surface area contributed by atoms with E-state index in [1.165, 1.54) is 17.6 Å². The summed E-state index contributed by atoms with van der Waals surface area (Å²) in [5.74, 6) is 0.609. The lowest BCUT2D eigenvalue weighted by molar-refractivity contribution is -0.115. The zero-order valence-corrected chi connectivity index (χ0v) is 13.6. The number of rotatable bonds is 5. The molecule has 7 heteroatoms. The summed E-state index contributed by atoms with van der Waals surface area (Å²) in [4.78, 5) is 16.4. The van der Waals surface area contributed by atoms with Crippen molar-refractivity contribution in [2.75, 3.05) is 5.32 Å². The molecule has 1 N–H and O–H groups in total. The lowest BCUT2D eigenvalue weighted by Crippen LogP contribution is -2.14. The van der Waals surface area contributed by atoms with E-state index in [1.807, 2.05) is 44.2 Å². The Morgan fingerprint density at radius 2 is 2.04 bits per heavy atom. The van der Waals surface area contributed by atoms with E-state index < -0.39 is 0 Å². The maximum atomic E-state index is 12.1. The fraction of sp³-hybridized carbons (Fsp3) is 0.250. The van der Waals surface area contributed by atoms with Gasteiger partial charge in [0.2, 0.25) is 16.9 Å². The van der Waals surface area contributed by atoms with Crippen LogP contribution in [0.15, 0.2) is 41.0 Å². The third kappa shape index (κ3) is 3.81. The molecule has 0 aliphatic heterocycles. The number of aromatic nitrogens is 3. The molecular formula is C16H16N4O2S. The van der Waals surface area contributed by atoms with Crippen LogP contribution in [0, 0.1) is 0 Å². The number of hydrogen-bond acceptors (Lipinski definition) is 6. The van der Waals surface area contributed by atoms with Gasteiger partial charge in [-0.25, -0.2) is 4.98 Å². The maximum Gasteiger partial charge on any atom is 0.232 e. The molecule has 0 radical (unpaired) electrons. The van der Waals surface area contributed by atoms with Gasteiger partial charge in [0.25, 0.3) is 0 Å². The first-order valence-corrected chi connectivity index (χ1v) is 8.06. The Labute approximate surface area is 137 Å². The third-order valence-corrected chi connectivity index (χ3v) is 4.23. The number of hydrogen-bond donors (Lipinski definition) is 1. The van der Waals surface area contributed by atoms with Gasteiger partial charge >= 0.3 is 0 Å². The Balaban J connectivity index is 1.63. The van der Waals surface area contributed by atoms with Gasteiger partial charge in [-0.1, -0.05) is 43.4 Å². The first-order valence-electron chi connectivity index (χ1n) is 7.25. The minimum Gasteiger partial charge on any atom is -0.444 e. The van der Waals surface area contributed by atoms with Crippen LogP contribution in [0.4, 0.5) is 5.13 Å². The summed E-state index contributed by atoms with van der Waals surface area (Å²) in [5.41, 5.74) is 1.46. The van der Waals surface area contributed by atoms with Gasteiger partial charge in [-0.3, -0.25) is 4.79 Å². The van der Waals surface area contributed by atoms with Crippen LogP contribution >= 0.6 is 11.3 Å². The smallest absolute Gasteiger partial charge is 0.232 e. The lowest BCUT2D eigenvalue weighted by atomic mass is 10.2. The van der Waals surface area contributed by atoms with Crippen molar-refractivity contribution in [1.82, 2.24) is 15.2 Å². The topological polar surface area (TPSA) is 80.9 Å². The number of nitrogens with zero attached hydrogens (tertiary/aromatic N) is 3. The Morgan fingerprint density at radius 1 is 1.26 bits per heavy atom. The van der Waals surface area contributed by atoms with E-state index in [9.17, 15) is 4.79 Å². The van der Waals surface area contributed by atoms with Gasteiger partial charge < -0.3 is 9.73 Å². The Bertz CT molecular complexity index is 795. The second-order valence-electron chi connectivity index (χ2n) is 5.34. The molecule has 2 heterocycles. The van der Waals surface area contributed by atoms with Crippen molar-refractivity contribution in [3.63, 3.8) is 0 Å². The minimum atomic E-state index is -0.190. The summed E-state index contributed by atoms with van der Waals surface area (Å²) in [6.45, 7) is 4.07. The molecule has 1 amide bonds. The molecule has 3 aromatic rings. The SMILES string of the molecule is CC(C)c1nnc(NC(=O)Cc2coc(-c3ccccc3)n2)s1. The van der Waals surface area contributed by atoms with Crippen LogP contribution in [0.3, 0.4) is 0 Å². The zero-order valence-electron chi connectivity index (χ0n) is 12.8. The second kappa shape index (κ2) is 6.70. The van der Waals surface area contributed by atoms with Gasteiger partial charge in [-0.2, -0.15) is 0 Å². The monoisotopic (exact) mass is 328 g/mol. The summed E-state index contributed by atoms with van der Waals surface area (Å²) in [6.07, 6.45) is 1.63. The van der Waals surface area contributed by atoms with Crippen molar-refractivity contribution >= 4 is 22.4 Å². The van der Waals surface area contributed by atoms with Crippen molar-refractivity contribution in [2.45, 2.75) is 26.2 Å². The Hall–Kier alpha value is -2.54. The zero-order chi connectivity index (χ0) is 16.2. The van der Waals surface area contributed by atoms with E-state index in [-0.39, 0.29) is 12.3 Å². The van der Waals surface area contributed by atoms with Gasteiger partial charge in [-0.05, 0) is 12.1 Å². The predicted molar refractivity (Wildman–Crippen MR) is 88.3 cm³/mol. The molecule has 2 aromatic heterocycles. The fourth-order valence-electron chi connectivity index (χ4n) is 1.95. The number of anilines is 1. The highest BCUT2D eigenvalue weighted by molar-refractivity contribution is 7.15. The number of carbonyl (C=O) groups excluding carboxylic acids is 1. The second-order valence-corrected chi connectivity index (χ2v) is 6.34. The number of nitrogens with one attached hydrogen (secondary N) is 1. The van der Waals surface area contributed by atoms with E-state index in [2.05, 4.69) is 20.5 Å². The fourth-order valence-corrected chi connectivity index (χ4v) is 2.71. The van der Waals surface area contributed by atoms with Gasteiger partial charge in [0.1, 0.15) is 11.3 Å². The molecule has 0 saturated carbocycles. The van der Waals surface area contributed by atoms with E-state index >= 15 is 0 Å². The van der Waals surface area contributed by atoms with Crippen LogP contribution in [0.1, 0.15) is 30.5 Å². The Kier molecular flexibility index (Phi) is 4.47. The summed E-state index contributed by atoms with van der Waals surface area (Å²) in [6, 6.07) is 9.56. The van der Waals surface area contributed by atoms with Gasteiger partial charge in [-0.15, -0.1) is 10.2 Å². The van der Waals surface area contributed by atoms with Crippen LogP contribution in [0.5, 0.6) is 0 Å². The van der Waals surface area contributed by atoms with Crippen molar-refractivity contribution in [2.24, 2.45) is 0 Å². The lowest BCUT2D eigenvalue weighted by Gasteiger charge is -1.98. The molecule has 0 bridgehead atoms. The quantitative estimate of drug-likeness (QED) is 0.775. The molecule has 1 aromatic carbocycles. The largest absolute Gasteiger partial charge is 0.444 e. The van der Waals surface area contributed by atoms with E-state index in [0.29, 0.717) is 22.6 Å². The molecule has 0 spiro atoms. The summed E-state index contributed by atoms with van der Waals surface area (Å²) >= 11 is 1.38. The van der Waals surface area contributed by atoms with Crippen LogP contribution in [0.25, 0.3) is 11.5 Å². The first kappa shape index (κ1) is 15.4. The van der Waals surface area contributed by atoms with Crippen molar-refractivity contribution in [3.05, 3.63) is 47.3 Å². The third-order valence-electron chi connectivity index (χ3n) is 3.10. The highest BCUT2D eigenvalue weighted by atomic mass is 32.1. The average Bonchev–Trinajstić information content (AvgIpc) is 3.18. The molecule has 3 rings (SSSR count). The van der Waals surface area contributed by atoms with Crippen molar-refractivity contribution in [1.29, 1.82) is 0 Å². The summed E-state index contributed by atoms with van der Waals surface area (Å²) < 4.78 is 5.42. The van der Waals surface area contributed by atoms with Crippen LogP contribution in [0.2, 0.25) is 0 Å². The maximum absolute atomic E-state index is 12.1. The standard InChI is InChI=1S/C16H16N4O2S/c1-10(2)15-19-20-16(23-15)18-13(21)8-12-9-22-14(17-12)11-6-4-3-5-7-11/h3-7,9-10H,8H2,1-2H3,(H,18,20,21). The Morgan fingerprint density at radius 3 is 2.74 bits per heavy atom. The van der Waals surface area contributed by atoms with E-state index in [4.69, 9.17) is 4.42 Å². The molecule has 0 atom stereocenters. The van der Waals surface area contributed by atoms with Crippen molar-refractivity contribution in [3.8, 4) is 11.5 Å². The highest BCUT2D eigenvalue weighted by Gasteiger charge is 2.13. The van der Waals surface area contributed by atoms with E-state index in [1.54, 1.807) is 0 Å². The number of oxazole rings is 1. The van der Waals surface area contributed by atoms with Crippen molar-refractivity contribution < 1.29 is 9.21 Å². The number of benzene rings is 1. The number of amides is 1. The highest BCUT2D eigenvalue weighted by Crippen LogP contribution is 2.23. The average molecular weight is 328 g/mol. The van der Waals surface area contributed by atoms with E-state index in [0.717, 1.165) is 10.6 Å². The molecule has 0 unspecified atom stereocenters. The molecule has 0 saturated heterocycles. The minimum absolute atomic E-state index is 0.132. The van der Waals surface area contributed by atoms with Gasteiger partial charge in [0, 0.05) is 11.5 Å².